The molecule has 0 fully saturated rings. The van der Waals surface area contributed by atoms with Crippen molar-refractivity contribution in [3.05, 3.63) is 65.2 Å². The van der Waals surface area contributed by atoms with Crippen LogP contribution in [0.25, 0.3) is 0 Å². The monoisotopic (exact) mass is 309 g/mol. The van der Waals surface area contributed by atoms with Gasteiger partial charge in [0.15, 0.2) is 6.04 Å². The predicted octanol–water partition coefficient (Wildman–Crippen LogP) is 2.96. The van der Waals surface area contributed by atoms with Gasteiger partial charge in [0.2, 0.25) is 0 Å². The maximum Gasteiger partial charge on any atom is 0.282 e. The minimum absolute atomic E-state index is 0.0666. The van der Waals surface area contributed by atoms with Crippen molar-refractivity contribution in [1.29, 1.82) is 0 Å². The highest BCUT2D eigenvalue weighted by atomic mass is 16.2. The molecule has 0 aliphatic heterocycles. The summed E-state index contributed by atoms with van der Waals surface area (Å²) in [6.45, 7) is 4.03. The number of anilines is 1. The number of carbonyl (C=O) groups excluding carboxylic acids is 1. The van der Waals surface area contributed by atoms with Gasteiger partial charge in [0.1, 0.15) is 6.04 Å². The molecule has 1 aliphatic carbocycles. The Balaban J connectivity index is 1.64. The zero-order chi connectivity index (χ0) is 16.2. The molecule has 2 aromatic rings. The highest BCUT2D eigenvalue weighted by Gasteiger charge is 2.27. The fourth-order valence-corrected chi connectivity index (χ4v) is 3.32. The zero-order valence-electron chi connectivity index (χ0n) is 13.9. The van der Waals surface area contributed by atoms with Crippen LogP contribution in [0.15, 0.2) is 48.5 Å². The number of hydrogen-bond donors (Lipinski definition) is 2. The van der Waals surface area contributed by atoms with Crippen molar-refractivity contribution in [2.45, 2.75) is 45.2 Å². The Bertz CT molecular complexity index is 678. The Morgan fingerprint density at radius 3 is 2.70 bits per heavy atom. The van der Waals surface area contributed by atoms with E-state index in [9.17, 15) is 4.79 Å². The lowest BCUT2D eigenvalue weighted by atomic mass is 9.87. The molecular weight excluding hydrogens is 284 g/mol. The normalized spacial score (nSPS) is 18.1. The van der Waals surface area contributed by atoms with Gasteiger partial charge in [-0.2, -0.15) is 0 Å². The Morgan fingerprint density at radius 2 is 1.91 bits per heavy atom. The maximum absolute atomic E-state index is 12.4. The van der Waals surface area contributed by atoms with Crippen molar-refractivity contribution in [3.8, 4) is 0 Å². The quantitative estimate of drug-likeness (QED) is 0.896. The fourth-order valence-electron chi connectivity index (χ4n) is 3.32. The molecule has 3 rings (SSSR count). The summed E-state index contributed by atoms with van der Waals surface area (Å²) in [6.07, 6.45) is 3.49. The lowest BCUT2D eigenvalue weighted by Crippen LogP contribution is -2.92. The van der Waals surface area contributed by atoms with E-state index in [-0.39, 0.29) is 11.9 Å². The Kier molecular flexibility index (Phi) is 4.77. The SMILES string of the molecule is Cc1ccc(NC(=O)[C@@H](C)[NH2+][C@H]2CCCc3ccccc32)cc1. The molecule has 0 saturated heterocycles. The minimum Gasteiger partial charge on any atom is -0.330 e. The first-order chi connectivity index (χ1) is 11.1. The molecule has 0 unspecified atom stereocenters. The molecule has 3 N–H and O–H groups in total. The van der Waals surface area contributed by atoms with Gasteiger partial charge in [0.25, 0.3) is 5.91 Å². The highest BCUT2D eigenvalue weighted by molar-refractivity contribution is 5.93. The van der Waals surface area contributed by atoms with Crippen LogP contribution >= 0.6 is 0 Å². The second-order valence-corrected chi connectivity index (χ2v) is 6.53. The molecular formula is C20H25N2O+. The molecule has 0 heterocycles. The van der Waals surface area contributed by atoms with E-state index in [2.05, 4.69) is 34.9 Å². The van der Waals surface area contributed by atoms with E-state index in [0.717, 1.165) is 18.5 Å². The number of rotatable bonds is 4. The van der Waals surface area contributed by atoms with Gasteiger partial charge in [0, 0.05) is 17.7 Å². The topological polar surface area (TPSA) is 45.7 Å². The fraction of sp³-hybridized carbons (Fsp3) is 0.350. The van der Waals surface area contributed by atoms with E-state index < -0.39 is 0 Å². The smallest absolute Gasteiger partial charge is 0.282 e. The molecule has 0 bridgehead atoms. The van der Waals surface area contributed by atoms with Crippen LogP contribution in [0.5, 0.6) is 0 Å². The van der Waals surface area contributed by atoms with Gasteiger partial charge in [-0.05, 0) is 44.4 Å². The molecule has 120 valence electrons. The number of amides is 1. The molecule has 1 aliphatic rings. The molecule has 2 atom stereocenters. The van der Waals surface area contributed by atoms with Gasteiger partial charge in [-0.3, -0.25) is 4.79 Å². The van der Waals surface area contributed by atoms with Crippen LogP contribution < -0.4 is 10.6 Å². The van der Waals surface area contributed by atoms with Crippen LogP contribution in [0.2, 0.25) is 0 Å². The van der Waals surface area contributed by atoms with E-state index in [0.29, 0.717) is 6.04 Å². The summed E-state index contributed by atoms with van der Waals surface area (Å²) in [5.74, 6) is 0.0666. The first-order valence-corrected chi connectivity index (χ1v) is 8.44. The predicted molar refractivity (Wildman–Crippen MR) is 93.3 cm³/mol. The van der Waals surface area contributed by atoms with Crippen LogP contribution in [0.4, 0.5) is 5.69 Å². The average Bonchev–Trinajstić information content (AvgIpc) is 2.57. The van der Waals surface area contributed by atoms with Gasteiger partial charge in [0.05, 0.1) is 0 Å². The van der Waals surface area contributed by atoms with Crippen LogP contribution in [-0.2, 0) is 11.2 Å². The van der Waals surface area contributed by atoms with E-state index in [1.54, 1.807) is 0 Å². The number of nitrogens with one attached hydrogen (secondary N) is 1. The molecule has 0 radical (unpaired) electrons. The molecule has 3 heteroatoms. The third-order valence-electron chi connectivity index (χ3n) is 4.67. The van der Waals surface area contributed by atoms with Crippen LogP contribution in [-0.4, -0.2) is 11.9 Å². The third kappa shape index (κ3) is 3.80. The van der Waals surface area contributed by atoms with Crippen molar-refractivity contribution in [1.82, 2.24) is 0 Å². The third-order valence-corrected chi connectivity index (χ3v) is 4.67. The number of hydrogen-bond acceptors (Lipinski definition) is 1. The summed E-state index contributed by atoms with van der Waals surface area (Å²) >= 11 is 0. The Hall–Kier alpha value is -2.13. The zero-order valence-corrected chi connectivity index (χ0v) is 13.9. The molecule has 2 aromatic carbocycles. The first kappa shape index (κ1) is 15.8. The summed E-state index contributed by atoms with van der Waals surface area (Å²) < 4.78 is 0. The summed E-state index contributed by atoms with van der Waals surface area (Å²) in [6, 6.07) is 16.9. The number of aryl methyl sites for hydroxylation is 2. The van der Waals surface area contributed by atoms with Crippen LogP contribution in [0.1, 0.15) is 42.5 Å². The maximum atomic E-state index is 12.4. The molecule has 23 heavy (non-hydrogen) atoms. The lowest BCUT2D eigenvalue weighted by molar-refractivity contribution is -0.714. The number of carbonyl (C=O) groups is 1. The van der Waals surface area contributed by atoms with Crippen molar-refractivity contribution in [2.75, 3.05) is 5.32 Å². The minimum atomic E-state index is -0.104. The van der Waals surface area contributed by atoms with Gasteiger partial charge < -0.3 is 10.6 Å². The average molecular weight is 309 g/mol. The van der Waals surface area contributed by atoms with Gasteiger partial charge >= 0.3 is 0 Å². The van der Waals surface area contributed by atoms with Crippen LogP contribution in [0, 0.1) is 6.92 Å². The number of nitrogens with two attached hydrogens (primary N) is 1. The van der Waals surface area contributed by atoms with Gasteiger partial charge in [-0.15, -0.1) is 0 Å². The Morgan fingerprint density at radius 1 is 1.17 bits per heavy atom. The lowest BCUT2D eigenvalue weighted by Gasteiger charge is -2.26. The van der Waals surface area contributed by atoms with Crippen molar-refractivity contribution >= 4 is 11.6 Å². The van der Waals surface area contributed by atoms with Crippen LogP contribution in [0.3, 0.4) is 0 Å². The first-order valence-electron chi connectivity index (χ1n) is 8.44. The standard InChI is InChI=1S/C20H24N2O/c1-14-10-12-17(13-11-14)22-20(23)15(2)21-19-9-5-7-16-6-3-4-8-18(16)19/h3-4,6,8,10-13,15,19,21H,5,7,9H2,1-2H3,(H,22,23)/p+1/t15-,19+/m1/s1. The summed E-state index contributed by atoms with van der Waals surface area (Å²) in [4.78, 5) is 12.4. The van der Waals surface area contributed by atoms with Crippen molar-refractivity contribution in [3.63, 3.8) is 0 Å². The Labute approximate surface area is 138 Å². The van der Waals surface area contributed by atoms with E-state index in [1.807, 2.05) is 38.1 Å². The summed E-state index contributed by atoms with van der Waals surface area (Å²) in [5.41, 5.74) is 4.89. The van der Waals surface area contributed by atoms with E-state index >= 15 is 0 Å². The number of quaternary nitrogens is 1. The number of benzene rings is 2. The molecule has 3 nitrogen and oxygen atoms in total. The highest BCUT2D eigenvalue weighted by Crippen LogP contribution is 2.26. The van der Waals surface area contributed by atoms with Crippen molar-refractivity contribution < 1.29 is 10.1 Å². The summed E-state index contributed by atoms with van der Waals surface area (Å²) in [7, 11) is 0. The largest absolute Gasteiger partial charge is 0.330 e. The molecule has 0 spiro atoms. The summed E-state index contributed by atoms with van der Waals surface area (Å²) in [5, 5.41) is 5.22. The second-order valence-electron chi connectivity index (χ2n) is 6.53. The van der Waals surface area contributed by atoms with Gasteiger partial charge in [-0.1, -0.05) is 42.0 Å². The second kappa shape index (κ2) is 6.97. The van der Waals surface area contributed by atoms with E-state index in [4.69, 9.17) is 0 Å². The van der Waals surface area contributed by atoms with E-state index in [1.165, 1.54) is 23.1 Å². The van der Waals surface area contributed by atoms with Gasteiger partial charge in [-0.25, -0.2) is 0 Å². The molecule has 1 amide bonds. The van der Waals surface area contributed by atoms with Crippen molar-refractivity contribution in [2.24, 2.45) is 0 Å². The number of fused-ring (bicyclic) bond motifs is 1. The molecule has 0 aromatic heterocycles. The molecule has 0 saturated carbocycles.